The van der Waals surface area contributed by atoms with Crippen LogP contribution in [0.1, 0.15) is 26.3 Å². The summed E-state index contributed by atoms with van der Waals surface area (Å²) in [6.45, 7) is 6.02. The standard InChI is InChI=1S/C12H17NO2/c1-12(2,3)11(13-14)9-5-7-10(15-4)8-6-9/h5-8,14H,1-4H3/b13-11+. The summed E-state index contributed by atoms with van der Waals surface area (Å²) in [5, 5.41) is 12.4. The molecule has 0 amide bonds. The van der Waals surface area contributed by atoms with E-state index in [1.54, 1.807) is 7.11 Å². The van der Waals surface area contributed by atoms with Gasteiger partial charge in [0.2, 0.25) is 0 Å². The largest absolute Gasteiger partial charge is 0.497 e. The van der Waals surface area contributed by atoms with Crippen LogP contribution in [-0.2, 0) is 0 Å². The molecule has 1 N–H and O–H groups in total. The highest BCUT2D eigenvalue weighted by atomic mass is 16.5. The number of benzene rings is 1. The normalized spacial score (nSPS) is 12.7. The van der Waals surface area contributed by atoms with Gasteiger partial charge < -0.3 is 9.94 Å². The molecule has 1 aromatic carbocycles. The molecule has 0 aliphatic heterocycles. The molecular formula is C12H17NO2. The molecule has 15 heavy (non-hydrogen) atoms. The zero-order chi connectivity index (χ0) is 11.5. The van der Waals surface area contributed by atoms with Crippen LogP contribution in [-0.4, -0.2) is 18.0 Å². The second-order valence-electron chi connectivity index (χ2n) is 4.43. The monoisotopic (exact) mass is 207 g/mol. The van der Waals surface area contributed by atoms with Crippen LogP contribution >= 0.6 is 0 Å². The van der Waals surface area contributed by atoms with Crippen LogP contribution in [0.5, 0.6) is 5.75 Å². The predicted octanol–water partition coefficient (Wildman–Crippen LogP) is 2.92. The first-order chi connectivity index (χ1) is 6.99. The Kier molecular flexibility index (Phi) is 3.35. The maximum Gasteiger partial charge on any atom is 0.118 e. The van der Waals surface area contributed by atoms with Gasteiger partial charge in [-0.2, -0.15) is 0 Å². The molecule has 0 spiro atoms. The van der Waals surface area contributed by atoms with Crippen molar-refractivity contribution in [2.75, 3.05) is 7.11 Å². The summed E-state index contributed by atoms with van der Waals surface area (Å²) in [6.07, 6.45) is 0. The van der Waals surface area contributed by atoms with Gasteiger partial charge in [0, 0.05) is 11.0 Å². The molecule has 0 aliphatic carbocycles. The zero-order valence-electron chi connectivity index (χ0n) is 9.61. The molecule has 0 aliphatic rings. The highest BCUT2D eigenvalue weighted by Gasteiger charge is 2.21. The number of rotatable bonds is 2. The first kappa shape index (κ1) is 11.6. The van der Waals surface area contributed by atoms with E-state index in [4.69, 9.17) is 9.94 Å². The van der Waals surface area contributed by atoms with Crippen molar-refractivity contribution in [2.24, 2.45) is 10.6 Å². The average molecular weight is 207 g/mol. The van der Waals surface area contributed by atoms with Gasteiger partial charge in [0.05, 0.1) is 12.8 Å². The fourth-order valence-electron chi connectivity index (χ4n) is 1.39. The highest BCUT2D eigenvalue weighted by molar-refractivity contribution is 6.03. The van der Waals surface area contributed by atoms with Crippen molar-refractivity contribution >= 4 is 5.71 Å². The summed E-state index contributed by atoms with van der Waals surface area (Å²) in [5.41, 5.74) is 1.40. The number of nitrogens with zero attached hydrogens (tertiary/aromatic N) is 1. The molecule has 0 fully saturated rings. The van der Waals surface area contributed by atoms with E-state index in [0.717, 1.165) is 11.3 Å². The molecule has 0 aromatic heterocycles. The Hall–Kier alpha value is -1.51. The molecule has 3 heteroatoms. The molecular weight excluding hydrogens is 190 g/mol. The SMILES string of the molecule is COc1ccc(/C(=N\O)C(C)(C)C)cc1. The van der Waals surface area contributed by atoms with Gasteiger partial charge in [-0.3, -0.25) is 0 Å². The molecule has 82 valence electrons. The molecule has 0 bridgehead atoms. The van der Waals surface area contributed by atoms with Gasteiger partial charge in [0.1, 0.15) is 5.75 Å². The number of hydrogen-bond acceptors (Lipinski definition) is 3. The number of hydrogen-bond donors (Lipinski definition) is 1. The summed E-state index contributed by atoms with van der Waals surface area (Å²) in [4.78, 5) is 0. The van der Waals surface area contributed by atoms with Gasteiger partial charge in [-0.05, 0) is 24.3 Å². The minimum absolute atomic E-state index is 0.177. The van der Waals surface area contributed by atoms with Crippen LogP contribution in [0.25, 0.3) is 0 Å². The zero-order valence-corrected chi connectivity index (χ0v) is 9.61. The van der Waals surface area contributed by atoms with E-state index in [1.165, 1.54) is 0 Å². The van der Waals surface area contributed by atoms with Crippen LogP contribution in [0.4, 0.5) is 0 Å². The van der Waals surface area contributed by atoms with E-state index in [0.29, 0.717) is 5.71 Å². The third-order valence-corrected chi connectivity index (χ3v) is 2.17. The number of ether oxygens (including phenoxy) is 1. The Labute approximate surface area is 90.4 Å². The third kappa shape index (κ3) is 2.72. The van der Waals surface area contributed by atoms with Crippen LogP contribution in [0.2, 0.25) is 0 Å². The molecule has 0 saturated heterocycles. The van der Waals surface area contributed by atoms with Crippen molar-refractivity contribution in [1.82, 2.24) is 0 Å². The van der Waals surface area contributed by atoms with Crippen LogP contribution in [0, 0.1) is 5.41 Å². The Morgan fingerprint density at radius 3 is 2.07 bits per heavy atom. The molecule has 1 rings (SSSR count). The second-order valence-corrected chi connectivity index (χ2v) is 4.43. The maximum atomic E-state index is 9.00. The number of methoxy groups -OCH3 is 1. The number of oxime groups is 1. The fourth-order valence-corrected chi connectivity index (χ4v) is 1.39. The van der Waals surface area contributed by atoms with Gasteiger partial charge >= 0.3 is 0 Å². The van der Waals surface area contributed by atoms with Gasteiger partial charge in [-0.1, -0.05) is 25.9 Å². The smallest absolute Gasteiger partial charge is 0.118 e. The lowest BCUT2D eigenvalue weighted by molar-refractivity contribution is 0.311. The minimum atomic E-state index is -0.177. The third-order valence-electron chi connectivity index (χ3n) is 2.17. The van der Waals surface area contributed by atoms with Crippen LogP contribution in [0.15, 0.2) is 29.4 Å². The molecule has 0 saturated carbocycles. The second kappa shape index (κ2) is 4.34. The van der Waals surface area contributed by atoms with E-state index in [9.17, 15) is 0 Å². The van der Waals surface area contributed by atoms with E-state index >= 15 is 0 Å². The lowest BCUT2D eigenvalue weighted by atomic mass is 9.86. The first-order valence-corrected chi connectivity index (χ1v) is 4.86. The van der Waals surface area contributed by atoms with Crippen molar-refractivity contribution in [3.63, 3.8) is 0 Å². The summed E-state index contributed by atoms with van der Waals surface area (Å²) in [6, 6.07) is 7.48. The maximum absolute atomic E-state index is 9.00. The summed E-state index contributed by atoms with van der Waals surface area (Å²) in [7, 11) is 1.62. The topological polar surface area (TPSA) is 41.8 Å². The predicted molar refractivity (Wildman–Crippen MR) is 60.8 cm³/mol. The fraction of sp³-hybridized carbons (Fsp3) is 0.417. The van der Waals surface area contributed by atoms with Crippen LogP contribution < -0.4 is 4.74 Å². The Morgan fingerprint density at radius 2 is 1.73 bits per heavy atom. The molecule has 0 unspecified atom stereocenters. The Morgan fingerprint density at radius 1 is 1.20 bits per heavy atom. The van der Waals surface area contributed by atoms with Gasteiger partial charge in [-0.25, -0.2) is 0 Å². The Balaban J connectivity index is 3.05. The first-order valence-electron chi connectivity index (χ1n) is 4.86. The van der Waals surface area contributed by atoms with E-state index in [2.05, 4.69) is 5.16 Å². The van der Waals surface area contributed by atoms with E-state index in [1.807, 2.05) is 45.0 Å². The minimum Gasteiger partial charge on any atom is -0.497 e. The van der Waals surface area contributed by atoms with Crippen molar-refractivity contribution in [1.29, 1.82) is 0 Å². The van der Waals surface area contributed by atoms with Crippen molar-refractivity contribution < 1.29 is 9.94 Å². The summed E-state index contributed by atoms with van der Waals surface area (Å²) in [5.74, 6) is 0.796. The lowest BCUT2D eigenvalue weighted by Gasteiger charge is -2.20. The van der Waals surface area contributed by atoms with E-state index in [-0.39, 0.29) is 5.41 Å². The van der Waals surface area contributed by atoms with Crippen molar-refractivity contribution in [3.05, 3.63) is 29.8 Å². The molecule has 3 nitrogen and oxygen atoms in total. The van der Waals surface area contributed by atoms with Crippen LogP contribution in [0.3, 0.4) is 0 Å². The molecule has 0 atom stereocenters. The summed E-state index contributed by atoms with van der Waals surface area (Å²) < 4.78 is 5.07. The summed E-state index contributed by atoms with van der Waals surface area (Å²) >= 11 is 0. The van der Waals surface area contributed by atoms with Gasteiger partial charge in [0.25, 0.3) is 0 Å². The highest BCUT2D eigenvalue weighted by Crippen LogP contribution is 2.23. The van der Waals surface area contributed by atoms with Gasteiger partial charge in [-0.15, -0.1) is 0 Å². The molecule has 0 radical (unpaired) electrons. The van der Waals surface area contributed by atoms with Crippen molar-refractivity contribution in [2.45, 2.75) is 20.8 Å². The molecule has 1 aromatic rings. The molecule has 0 heterocycles. The Bertz CT molecular complexity index is 347. The average Bonchev–Trinajstić information content (AvgIpc) is 2.18. The van der Waals surface area contributed by atoms with Gasteiger partial charge in [0.15, 0.2) is 0 Å². The van der Waals surface area contributed by atoms with E-state index < -0.39 is 0 Å². The lowest BCUT2D eigenvalue weighted by Crippen LogP contribution is -2.21. The quantitative estimate of drug-likeness (QED) is 0.460. The van der Waals surface area contributed by atoms with Crippen molar-refractivity contribution in [3.8, 4) is 5.75 Å².